The molecule has 0 spiro atoms. The molecule has 0 aromatic rings. The molecule has 1 aliphatic heterocycles. The monoisotopic (exact) mass is 153 g/mol. The van der Waals surface area contributed by atoms with Crippen LogP contribution in [0.4, 0.5) is 0 Å². The van der Waals surface area contributed by atoms with E-state index in [1.165, 1.54) is 45.3 Å². The Balaban J connectivity index is 1.70. The maximum Gasteiger partial charge on any atom is 0.00101 e. The van der Waals surface area contributed by atoms with E-state index < -0.39 is 0 Å². The van der Waals surface area contributed by atoms with Crippen molar-refractivity contribution in [2.45, 2.75) is 32.6 Å². The molecule has 0 aromatic carbocycles. The molecule has 0 amide bonds. The molecule has 2 aliphatic rings. The smallest absolute Gasteiger partial charge is 0.00101 e. The summed E-state index contributed by atoms with van der Waals surface area (Å²) in [5.74, 6) is 2.11. The molecule has 0 radical (unpaired) electrons. The van der Waals surface area contributed by atoms with Crippen LogP contribution in [-0.2, 0) is 0 Å². The SMILES string of the molecule is CC[C@H]1CCN(CC2CC2)C1. The largest absolute Gasteiger partial charge is 0.303 e. The van der Waals surface area contributed by atoms with Crippen LogP contribution in [0.3, 0.4) is 0 Å². The Morgan fingerprint density at radius 1 is 1.18 bits per heavy atom. The Kier molecular flexibility index (Phi) is 2.17. The minimum atomic E-state index is 1.02. The molecule has 11 heavy (non-hydrogen) atoms. The van der Waals surface area contributed by atoms with Crippen molar-refractivity contribution in [2.24, 2.45) is 11.8 Å². The maximum absolute atomic E-state index is 2.67. The van der Waals surface area contributed by atoms with E-state index in [0.717, 1.165) is 11.8 Å². The Hall–Kier alpha value is -0.0400. The third-order valence-electron chi connectivity index (χ3n) is 3.16. The summed E-state index contributed by atoms with van der Waals surface area (Å²) in [6.45, 7) is 6.52. The second kappa shape index (κ2) is 3.14. The van der Waals surface area contributed by atoms with Crippen LogP contribution in [0.2, 0.25) is 0 Å². The first-order valence-electron chi connectivity index (χ1n) is 5.11. The maximum atomic E-state index is 2.67. The highest BCUT2D eigenvalue weighted by molar-refractivity contribution is 4.81. The zero-order chi connectivity index (χ0) is 7.68. The van der Waals surface area contributed by atoms with Crippen LogP contribution in [-0.4, -0.2) is 24.5 Å². The molecule has 2 rings (SSSR count). The zero-order valence-corrected chi connectivity index (χ0v) is 7.55. The van der Waals surface area contributed by atoms with Crippen LogP contribution < -0.4 is 0 Å². The minimum Gasteiger partial charge on any atom is -0.303 e. The van der Waals surface area contributed by atoms with Crippen LogP contribution in [0, 0.1) is 11.8 Å². The van der Waals surface area contributed by atoms with Gasteiger partial charge in [0.15, 0.2) is 0 Å². The van der Waals surface area contributed by atoms with Gasteiger partial charge in [0.2, 0.25) is 0 Å². The average Bonchev–Trinajstić information content (AvgIpc) is 2.68. The number of likely N-dealkylation sites (tertiary alicyclic amines) is 1. The summed E-state index contributed by atoms with van der Waals surface area (Å²) >= 11 is 0. The third-order valence-corrected chi connectivity index (χ3v) is 3.16. The molecular formula is C10H19N. The van der Waals surface area contributed by atoms with Crippen molar-refractivity contribution in [3.8, 4) is 0 Å². The van der Waals surface area contributed by atoms with E-state index in [0.29, 0.717) is 0 Å². The number of hydrogen-bond donors (Lipinski definition) is 0. The average molecular weight is 153 g/mol. The molecule has 1 atom stereocenters. The fourth-order valence-electron chi connectivity index (χ4n) is 2.08. The van der Waals surface area contributed by atoms with Gasteiger partial charge in [-0.25, -0.2) is 0 Å². The Labute approximate surface area is 69.8 Å². The van der Waals surface area contributed by atoms with Crippen molar-refractivity contribution in [3.63, 3.8) is 0 Å². The summed E-state index contributed by atoms with van der Waals surface area (Å²) < 4.78 is 0. The van der Waals surface area contributed by atoms with Crippen molar-refractivity contribution < 1.29 is 0 Å². The fourth-order valence-corrected chi connectivity index (χ4v) is 2.08. The molecule has 0 bridgehead atoms. The number of hydrogen-bond acceptors (Lipinski definition) is 1. The van der Waals surface area contributed by atoms with E-state index in [-0.39, 0.29) is 0 Å². The molecular weight excluding hydrogens is 134 g/mol. The highest BCUT2D eigenvalue weighted by Crippen LogP contribution is 2.31. The van der Waals surface area contributed by atoms with E-state index in [2.05, 4.69) is 11.8 Å². The third kappa shape index (κ3) is 1.96. The summed E-state index contributed by atoms with van der Waals surface area (Å²) in [6, 6.07) is 0. The Bertz CT molecular complexity index is 129. The summed E-state index contributed by atoms with van der Waals surface area (Å²) in [7, 11) is 0. The highest BCUT2D eigenvalue weighted by Gasteiger charge is 2.28. The van der Waals surface area contributed by atoms with Crippen molar-refractivity contribution >= 4 is 0 Å². The van der Waals surface area contributed by atoms with Crippen molar-refractivity contribution in [3.05, 3.63) is 0 Å². The molecule has 0 aromatic heterocycles. The fraction of sp³-hybridized carbons (Fsp3) is 1.00. The van der Waals surface area contributed by atoms with Gasteiger partial charge in [-0.1, -0.05) is 13.3 Å². The molecule has 1 nitrogen and oxygen atoms in total. The quantitative estimate of drug-likeness (QED) is 0.600. The second-order valence-corrected chi connectivity index (χ2v) is 4.27. The molecule has 1 aliphatic carbocycles. The lowest BCUT2D eigenvalue weighted by molar-refractivity contribution is 0.310. The van der Waals surface area contributed by atoms with Gasteiger partial charge < -0.3 is 4.90 Å². The summed E-state index contributed by atoms with van der Waals surface area (Å²) in [5, 5.41) is 0. The van der Waals surface area contributed by atoms with Crippen LogP contribution in [0.5, 0.6) is 0 Å². The van der Waals surface area contributed by atoms with Crippen LogP contribution in [0.1, 0.15) is 32.6 Å². The van der Waals surface area contributed by atoms with Gasteiger partial charge >= 0.3 is 0 Å². The topological polar surface area (TPSA) is 3.24 Å². The molecule has 1 heteroatoms. The first-order valence-corrected chi connectivity index (χ1v) is 5.11. The summed E-state index contributed by atoms with van der Waals surface area (Å²) in [6.07, 6.45) is 5.87. The van der Waals surface area contributed by atoms with Gasteiger partial charge in [-0.15, -0.1) is 0 Å². The first kappa shape index (κ1) is 7.60. The summed E-state index contributed by atoms with van der Waals surface area (Å²) in [5.41, 5.74) is 0. The van der Waals surface area contributed by atoms with E-state index in [9.17, 15) is 0 Å². The van der Waals surface area contributed by atoms with Gasteiger partial charge in [0.25, 0.3) is 0 Å². The van der Waals surface area contributed by atoms with E-state index in [1.807, 2.05) is 0 Å². The second-order valence-electron chi connectivity index (χ2n) is 4.27. The van der Waals surface area contributed by atoms with E-state index in [1.54, 1.807) is 0 Å². The molecule has 1 saturated carbocycles. The van der Waals surface area contributed by atoms with Crippen LogP contribution in [0.25, 0.3) is 0 Å². The lowest BCUT2D eigenvalue weighted by atomic mass is 10.1. The van der Waals surface area contributed by atoms with Gasteiger partial charge in [0.05, 0.1) is 0 Å². The highest BCUT2D eigenvalue weighted by atomic mass is 15.1. The molecule has 0 N–H and O–H groups in total. The van der Waals surface area contributed by atoms with E-state index in [4.69, 9.17) is 0 Å². The van der Waals surface area contributed by atoms with Crippen molar-refractivity contribution in [1.82, 2.24) is 4.90 Å². The normalized spacial score (nSPS) is 33.0. The van der Waals surface area contributed by atoms with Gasteiger partial charge in [-0.05, 0) is 37.6 Å². The Morgan fingerprint density at radius 2 is 2.00 bits per heavy atom. The van der Waals surface area contributed by atoms with Gasteiger partial charge in [-0.3, -0.25) is 0 Å². The molecule has 2 fully saturated rings. The van der Waals surface area contributed by atoms with Crippen LogP contribution in [0.15, 0.2) is 0 Å². The molecule has 1 heterocycles. The first-order chi connectivity index (χ1) is 5.38. The Morgan fingerprint density at radius 3 is 2.55 bits per heavy atom. The standard InChI is InChI=1S/C10H19N/c1-2-9-5-6-11(7-9)8-10-3-4-10/h9-10H,2-8H2,1H3/t9-/m0/s1. The molecule has 64 valence electrons. The predicted molar refractivity (Wildman–Crippen MR) is 47.6 cm³/mol. The van der Waals surface area contributed by atoms with Gasteiger partial charge in [-0.2, -0.15) is 0 Å². The van der Waals surface area contributed by atoms with Gasteiger partial charge in [0.1, 0.15) is 0 Å². The molecule has 1 saturated heterocycles. The lowest BCUT2D eigenvalue weighted by Gasteiger charge is -2.14. The van der Waals surface area contributed by atoms with E-state index >= 15 is 0 Å². The van der Waals surface area contributed by atoms with Crippen molar-refractivity contribution in [1.29, 1.82) is 0 Å². The predicted octanol–water partition coefficient (Wildman–Crippen LogP) is 2.13. The van der Waals surface area contributed by atoms with Crippen LogP contribution >= 0.6 is 0 Å². The van der Waals surface area contributed by atoms with Crippen molar-refractivity contribution in [2.75, 3.05) is 19.6 Å². The number of rotatable bonds is 3. The lowest BCUT2D eigenvalue weighted by Crippen LogP contribution is -2.22. The number of nitrogens with zero attached hydrogens (tertiary/aromatic N) is 1. The molecule has 0 unspecified atom stereocenters. The van der Waals surface area contributed by atoms with Gasteiger partial charge in [0, 0.05) is 13.1 Å². The zero-order valence-electron chi connectivity index (χ0n) is 7.55. The minimum absolute atomic E-state index is 1.02. The summed E-state index contributed by atoms with van der Waals surface area (Å²) in [4.78, 5) is 2.67.